The molecule has 0 aromatic rings. The average Bonchev–Trinajstić information content (AvgIpc) is 2.37. The minimum Gasteiger partial charge on any atom is -0.444 e. The third-order valence-corrected chi connectivity index (χ3v) is 3.87. The van der Waals surface area contributed by atoms with Crippen molar-refractivity contribution in [3.05, 3.63) is 0 Å². The van der Waals surface area contributed by atoms with Gasteiger partial charge in [0.2, 0.25) is 5.91 Å². The molecule has 1 heterocycles. The number of piperidine rings is 1. The summed E-state index contributed by atoms with van der Waals surface area (Å²) in [6.45, 7) is 11.1. The van der Waals surface area contributed by atoms with Crippen LogP contribution in [0.4, 0.5) is 4.79 Å². The van der Waals surface area contributed by atoms with Gasteiger partial charge in [-0.25, -0.2) is 4.79 Å². The first kappa shape index (κ1) is 18.8. The summed E-state index contributed by atoms with van der Waals surface area (Å²) in [5.74, 6) is 0.504. The highest BCUT2D eigenvalue weighted by Gasteiger charge is 2.27. The van der Waals surface area contributed by atoms with E-state index in [4.69, 9.17) is 4.74 Å². The van der Waals surface area contributed by atoms with Crippen LogP contribution in [0.2, 0.25) is 0 Å². The highest BCUT2D eigenvalue weighted by atomic mass is 16.6. The van der Waals surface area contributed by atoms with E-state index in [0.29, 0.717) is 25.4 Å². The second kappa shape index (κ2) is 8.39. The number of ether oxygens (including phenoxy) is 1. The van der Waals surface area contributed by atoms with Gasteiger partial charge in [-0.05, 0) is 52.9 Å². The number of rotatable bonds is 5. The van der Waals surface area contributed by atoms with Crippen molar-refractivity contribution < 1.29 is 14.3 Å². The molecule has 0 aromatic heterocycles. The van der Waals surface area contributed by atoms with Gasteiger partial charge in [0, 0.05) is 25.6 Å². The van der Waals surface area contributed by atoms with Crippen LogP contribution in [0.5, 0.6) is 0 Å². The fraction of sp³-hybridized carbons (Fsp3) is 0.882. The lowest BCUT2D eigenvalue weighted by molar-refractivity contribution is -0.122. The molecule has 1 rings (SSSR count). The molecule has 1 aliphatic rings. The van der Waals surface area contributed by atoms with Crippen LogP contribution in [0.15, 0.2) is 0 Å². The third kappa shape index (κ3) is 7.14. The Hall–Kier alpha value is -1.26. The van der Waals surface area contributed by atoms with Crippen molar-refractivity contribution in [3.63, 3.8) is 0 Å². The lowest BCUT2D eigenvalue weighted by atomic mass is 9.93. The standard InChI is InChI=1S/C17H32N2O3/c1-6-7-13(2)18-15(20)12-14-8-10-19(11-9-14)16(21)22-17(3,4)5/h13-14H,6-12H2,1-5H3,(H,18,20)/t13-/m1/s1. The summed E-state index contributed by atoms with van der Waals surface area (Å²) in [5.41, 5.74) is -0.455. The Bertz CT molecular complexity index is 369. The molecular weight excluding hydrogens is 280 g/mol. The van der Waals surface area contributed by atoms with Crippen LogP contribution in [0.3, 0.4) is 0 Å². The van der Waals surface area contributed by atoms with Crippen LogP contribution in [0, 0.1) is 5.92 Å². The predicted molar refractivity (Wildman–Crippen MR) is 87.7 cm³/mol. The Morgan fingerprint density at radius 1 is 1.27 bits per heavy atom. The van der Waals surface area contributed by atoms with E-state index in [1.54, 1.807) is 4.90 Å². The molecule has 22 heavy (non-hydrogen) atoms. The van der Waals surface area contributed by atoms with E-state index < -0.39 is 5.60 Å². The molecule has 0 radical (unpaired) electrons. The van der Waals surface area contributed by atoms with Crippen LogP contribution in [0.1, 0.15) is 66.7 Å². The molecule has 1 fully saturated rings. The molecule has 0 saturated carbocycles. The summed E-state index contributed by atoms with van der Waals surface area (Å²) in [4.78, 5) is 25.7. The first-order valence-corrected chi connectivity index (χ1v) is 8.48. The molecule has 0 spiro atoms. The first-order valence-electron chi connectivity index (χ1n) is 8.48. The van der Waals surface area contributed by atoms with E-state index in [-0.39, 0.29) is 18.0 Å². The highest BCUT2D eigenvalue weighted by Crippen LogP contribution is 2.22. The maximum Gasteiger partial charge on any atom is 0.410 e. The lowest BCUT2D eigenvalue weighted by Gasteiger charge is -2.33. The zero-order valence-corrected chi connectivity index (χ0v) is 14.8. The largest absolute Gasteiger partial charge is 0.444 e. The second-order valence-electron chi connectivity index (χ2n) is 7.37. The highest BCUT2D eigenvalue weighted by molar-refractivity contribution is 5.76. The Morgan fingerprint density at radius 2 is 1.86 bits per heavy atom. The average molecular weight is 312 g/mol. The van der Waals surface area contributed by atoms with Crippen molar-refractivity contribution >= 4 is 12.0 Å². The quantitative estimate of drug-likeness (QED) is 0.847. The van der Waals surface area contributed by atoms with Crippen molar-refractivity contribution in [3.8, 4) is 0 Å². The number of carbonyl (C=O) groups is 2. The number of amides is 2. The summed E-state index contributed by atoms with van der Waals surface area (Å²) >= 11 is 0. The molecule has 5 nitrogen and oxygen atoms in total. The fourth-order valence-corrected chi connectivity index (χ4v) is 2.75. The summed E-state index contributed by atoms with van der Waals surface area (Å²) < 4.78 is 5.38. The number of likely N-dealkylation sites (tertiary alicyclic amines) is 1. The number of carbonyl (C=O) groups excluding carboxylic acids is 2. The van der Waals surface area contributed by atoms with Gasteiger partial charge in [-0.2, -0.15) is 0 Å². The van der Waals surface area contributed by atoms with E-state index in [9.17, 15) is 9.59 Å². The Morgan fingerprint density at radius 3 is 2.36 bits per heavy atom. The maximum absolute atomic E-state index is 12.0. The smallest absolute Gasteiger partial charge is 0.410 e. The van der Waals surface area contributed by atoms with Crippen molar-refractivity contribution in [2.45, 2.75) is 78.4 Å². The van der Waals surface area contributed by atoms with Crippen molar-refractivity contribution in [2.75, 3.05) is 13.1 Å². The van der Waals surface area contributed by atoms with Crippen LogP contribution in [0.25, 0.3) is 0 Å². The zero-order chi connectivity index (χ0) is 16.8. The van der Waals surface area contributed by atoms with Gasteiger partial charge in [-0.15, -0.1) is 0 Å². The second-order valence-corrected chi connectivity index (χ2v) is 7.37. The van der Waals surface area contributed by atoms with Gasteiger partial charge < -0.3 is 15.0 Å². The van der Waals surface area contributed by atoms with E-state index in [2.05, 4.69) is 12.2 Å². The van der Waals surface area contributed by atoms with E-state index in [1.165, 1.54) is 0 Å². The number of hydrogen-bond donors (Lipinski definition) is 1. The molecule has 1 aliphatic heterocycles. The summed E-state index contributed by atoms with van der Waals surface area (Å²) in [5, 5.41) is 3.05. The van der Waals surface area contributed by atoms with Gasteiger partial charge in [0.05, 0.1) is 0 Å². The van der Waals surface area contributed by atoms with Crippen LogP contribution >= 0.6 is 0 Å². The Kier molecular flexibility index (Phi) is 7.17. The number of hydrogen-bond acceptors (Lipinski definition) is 3. The van der Waals surface area contributed by atoms with Crippen molar-refractivity contribution in [2.24, 2.45) is 5.92 Å². The molecule has 0 aliphatic carbocycles. The van der Waals surface area contributed by atoms with E-state index in [1.807, 2.05) is 27.7 Å². The van der Waals surface area contributed by atoms with E-state index >= 15 is 0 Å². The monoisotopic (exact) mass is 312 g/mol. The maximum atomic E-state index is 12.0. The summed E-state index contributed by atoms with van der Waals surface area (Å²) in [6.07, 6.45) is 4.16. The summed E-state index contributed by atoms with van der Waals surface area (Å²) in [6, 6.07) is 0.249. The molecule has 128 valence electrons. The molecular formula is C17H32N2O3. The number of nitrogens with one attached hydrogen (secondary N) is 1. The third-order valence-electron chi connectivity index (χ3n) is 3.87. The Balaban J connectivity index is 2.30. The van der Waals surface area contributed by atoms with Crippen molar-refractivity contribution in [1.29, 1.82) is 0 Å². The molecule has 0 aromatic carbocycles. The minimum absolute atomic E-state index is 0.136. The molecule has 5 heteroatoms. The van der Waals surface area contributed by atoms with Gasteiger partial charge in [-0.1, -0.05) is 13.3 Å². The molecule has 0 bridgehead atoms. The first-order chi connectivity index (χ1) is 10.2. The number of nitrogens with zero attached hydrogens (tertiary/aromatic N) is 1. The zero-order valence-electron chi connectivity index (χ0n) is 14.8. The molecule has 1 atom stereocenters. The molecule has 0 unspecified atom stereocenters. The van der Waals surface area contributed by atoms with Gasteiger partial charge in [0.25, 0.3) is 0 Å². The van der Waals surface area contributed by atoms with Crippen molar-refractivity contribution in [1.82, 2.24) is 10.2 Å². The topological polar surface area (TPSA) is 58.6 Å². The summed E-state index contributed by atoms with van der Waals surface area (Å²) in [7, 11) is 0. The molecule has 1 saturated heterocycles. The van der Waals surface area contributed by atoms with Crippen LogP contribution < -0.4 is 5.32 Å². The SMILES string of the molecule is CCC[C@@H](C)NC(=O)CC1CCN(C(=O)OC(C)(C)C)CC1. The minimum atomic E-state index is -0.455. The predicted octanol–water partition coefficient (Wildman–Crippen LogP) is 3.33. The fourth-order valence-electron chi connectivity index (χ4n) is 2.75. The molecule has 1 N–H and O–H groups in total. The van der Waals surface area contributed by atoms with Gasteiger partial charge >= 0.3 is 6.09 Å². The normalized spacial score (nSPS) is 18.0. The van der Waals surface area contributed by atoms with Crippen LogP contribution in [-0.4, -0.2) is 41.6 Å². The van der Waals surface area contributed by atoms with Gasteiger partial charge in [0.1, 0.15) is 5.60 Å². The Labute approximate surface area is 134 Å². The van der Waals surface area contributed by atoms with E-state index in [0.717, 1.165) is 25.7 Å². The molecule has 2 amide bonds. The lowest BCUT2D eigenvalue weighted by Crippen LogP contribution is -2.42. The van der Waals surface area contributed by atoms with Gasteiger partial charge in [0.15, 0.2) is 0 Å². The van der Waals surface area contributed by atoms with Gasteiger partial charge in [-0.3, -0.25) is 4.79 Å². The van der Waals surface area contributed by atoms with Crippen LogP contribution in [-0.2, 0) is 9.53 Å².